The maximum Gasteiger partial charge on any atom is 0.255 e. The van der Waals surface area contributed by atoms with Crippen LogP contribution >= 0.6 is 11.3 Å². The van der Waals surface area contributed by atoms with Gasteiger partial charge < -0.3 is 11.1 Å². The van der Waals surface area contributed by atoms with Crippen LogP contribution in [0.15, 0.2) is 60.2 Å². The number of carbonyl (C=O) groups excluding carboxylic acids is 1. The van der Waals surface area contributed by atoms with Crippen molar-refractivity contribution < 1.29 is 4.79 Å². The molecule has 0 radical (unpaired) electrons. The van der Waals surface area contributed by atoms with E-state index in [2.05, 4.69) is 21.7 Å². The number of thiophene rings is 1. The van der Waals surface area contributed by atoms with Crippen molar-refractivity contribution in [3.8, 4) is 10.4 Å². The van der Waals surface area contributed by atoms with Crippen molar-refractivity contribution in [1.82, 2.24) is 4.98 Å². The first-order valence-corrected chi connectivity index (χ1v) is 9.75. The van der Waals surface area contributed by atoms with Gasteiger partial charge in [0, 0.05) is 34.6 Å². The molecule has 0 aliphatic heterocycles. The maximum atomic E-state index is 12.7. The maximum absolute atomic E-state index is 12.7. The van der Waals surface area contributed by atoms with Crippen LogP contribution in [0.25, 0.3) is 10.4 Å². The van der Waals surface area contributed by atoms with Crippen LogP contribution in [0.1, 0.15) is 41.2 Å². The quantitative estimate of drug-likeness (QED) is 0.680. The predicted molar refractivity (Wildman–Crippen MR) is 106 cm³/mol. The lowest BCUT2D eigenvalue weighted by molar-refractivity contribution is 0.102. The molecule has 1 saturated carbocycles. The lowest BCUT2D eigenvalue weighted by Gasteiger charge is -2.32. The molecule has 3 N–H and O–H groups in total. The molecule has 1 fully saturated rings. The third-order valence-electron chi connectivity index (χ3n) is 5.06. The van der Waals surface area contributed by atoms with Crippen LogP contribution in [-0.2, 0) is 0 Å². The standard InChI is InChI=1S/C21H21N3OS/c22-20(14-3-1-4-14)17-7-6-15(13-18(17)19-5-2-12-26-19)21(25)24-16-8-10-23-11-9-16/h2,5-14,20H,1,3-4,22H2,(H,23,24,25)/t20-/m1/s1. The van der Waals surface area contributed by atoms with Gasteiger partial charge in [-0.3, -0.25) is 9.78 Å². The zero-order valence-electron chi connectivity index (χ0n) is 14.4. The molecule has 1 amide bonds. The second-order valence-electron chi connectivity index (χ2n) is 6.69. The first kappa shape index (κ1) is 16.9. The average molecular weight is 363 g/mol. The minimum Gasteiger partial charge on any atom is -0.324 e. The van der Waals surface area contributed by atoms with Crippen molar-refractivity contribution in [2.75, 3.05) is 5.32 Å². The molecule has 1 aromatic carbocycles. The SMILES string of the molecule is N[C@@H](c1ccc(C(=O)Nc2ccncc2)cc1-c1cccs1)C1CCC1. The zero-order valence-corrected chi connectivity index (χ0v) is 15.2. The van der Waals surface area contributed by atoms with Crippen molar-refractivity contribution in [2.45, 2.75) is 25.3 Å². The number of pyridine rings is 1. The summed E-state index contributed by atoms with van der Waals surface area (Å²) in [4.78, 5) is 17.8. The summed E-state index contributed by atoms with van der Waals surface area (Å²) in [6.45, 7) is 0. The summed E-state index contributed by atoms with van der Waals surface area (Å²) < 4.78 is 0. The van der Waals surface area contributed by atoms with Gasteiger partial charge in [-0.1, -0.05) is 18.6 Å². The Kier molecular flexibility index (Phi) is 4.82. The summed E-state index contributed by atoms with van der Waals surface area (Å²) in [7, 11) is 0. The average Bonchev–Trinajstić information content (AvgIpc) is 3.15. The largest absolute Gasteiger partial charge is 0.324 e. The molecule has 4 nitrogen and oxygen atoms in total. The van der Waals surface area contributed by atoms with Gasteiger partial charge >= 0.3 is 0 Å². The van der Waals surface area contributed by atoms with Gasteiger partial charge in [-0.25, -0.2) is 0 Å². The number of aromatic nitrogens is 1. The fourth-order valence-corrected chi connectivity index (χ4v) is 4.09. The van der Waals surface area contributed by atoms with E-state index in [4.69, 9.17) is 5.73 Å². The summed E-state index contributed by atoms with van der Waals surface area (Å²) in [6, 6.07) is 13.6. The summed E-state index contributed by atoms with van der Waals surface area (Å²) in [5, 5.41) is 4.97. The number of benzene rings is 1. The number of anilines is 1. The fraction of sp³-hybridized carbons (Fsp3) is 0.238. The van der Waals surface area contributed by atoms with Gasteiger partial charge in [0.1, 0.15) is 0 Å². The van der Waals surface area contributed by atoms with E-state index >= 15 is 0 Å². The molecule has 0 unspecified atom stereocenters. The summed E-state index contributed by atoms with van der Waals surface area (Å²) in [5.74, 6) is 0.419. The Balaban J connectivity index is 1.66. The van der Waals surface area contributed by atoms with Crippen molar-refractivity contribution in [3.63, 3.8) is 0 Å². The monoisotopic (exact) mass is 363 g/mol. The summed E-state index contributed by atoms with van der Waals surface area (Å²) >= 11 is 1.67. The zero-order chi connectivity index (χ0) is 17.9. The van der Waals surface area contributed by atoms with E-state index in [1.54, 1.807) is 35.9 Å². The molecule has 2 heterocycles. The van der Waals surface area contributed by atoms with Crippen LogP contribution < -0.4 is 11.1 Å². The Labute approximate surface area is 157 Å². The fourth-order valence-electron chi connectivity index (χ4n) is 3.32. The Morgan fingerprint density at radius 3 is 2.65 bits per heavy atom. The van der Waals surface area contributed by atoms with Crippen LogP contribution in [0.5, 0.6) is 0 Å². The molecule has 3 aromatic rings. The van der Waals surface area contributed by atoms with Crippen molar-refractivity contribution in [3.05, 3.63) is 71.4 Å². The molecular formula is C21H21N3OS. The smallest absolute Gasteiger partial charge is 0.255 e. The number of amides is 1. The molecule has 26 heavy (non-hydrogen) atoms. The van der Waals surface area contributed by atoms with E-state index in [9.17, 15) is 4.79 Å². The highest BCUT2D eigenvalue weighted by molar-refractivity contribution is 7.13. The molecule has 2 aromatic heterocycles. The van der Waals surface area contributed by atoms with Gasteiger partial charge in [0.25, 0.3) is 5.91 Å². The minimum absolute atomic E-state index is 0.0261. The molecule has 0 spiro atoms. The van der Waals surface area contributed by atoms with E-state index in [1.807, 2.05) is 24.3 Å². The molecule has 132 valence electrons. The second kappa shape index (κ2) is 7.40. The highest BCUT2D eigenvalue weighted by atomic mass is 32.1. The summed E-state index contributed by atoms with van der Waals surface area (Å²) in [5.41, 5.74) is 10.1. The van der Waals surface area contributed by atoms with E-state index in [1.165, 1.54) is 19.3 Å². The number of hydrogen-bond acceptors (Lipinski definition) is 4. The van der Waals surface area contributed by atoms with E-state index in [0.717, 1.165) is 21.7 Å². The molecule has 5 heteroatoms. The van der Waals surface area contributed by atoms with Gasteiger partial charge in [0.05, 0.1) is 0 Å². The first-order chi connectivity index (χ1) is 12.7. The lowest BCUT2D eigenvalue weighted by atomic mass is 9.76. The highest BCUT2D eigenvalue weighted by Gasteiger charge is 2.28. The van der Waals surface area contributed by atoms with Crippen LogP contribution in [0, 0.1) is 5.92 Å². The molecule has 0 saturated heterocycles. The Morgan fingerprint density at radius 1 is 1.19 bits per heavy atom. The van der Waals surface area contributed by atoms with E-state index < -0.39 is 0 Å². The Morgan fingerprint density at radius 2 is 2.00 bits per heavy atom. The number of nitrogens with zero attached hydrogens (tertiary/aromatic N) is 1. The van der Waals surface area contributed by atoms with Gasteiger partial charge in [-0.2, -0.15) is 0 Å². The second-order valence-corrected chi connectivity index (χ2v) is 7.63. The number of nitrogens with one attached hydrogen (secondary N) is 1. The Bertz CT molecular complexity index is 889. The van der Waals surface area contributed by atoms with Gasteiger partial charge in [-0.05, 0) is 65.6 Å². The van der Waals surface area contributed by atoms with Crippen LogP contribution in [0.2, 0.25) is 0 Å². The van der Waals surface area contributed by atoms with Crippen LogP contribution in [0.4, 0.5) is 5.69 Å². The molecule has 4 rings (SSSR count). The number of hydrogen-bond donors (Lipinski definition) is 2. The van der Waals surface area contributed by atoms with Gasteiger partial charge in [0.2, 0.25) is 0 Å². The van der Waals surface area contributed by atoms with Crippen molar-refractivity contribution in [2.24, 2.45) is 11.7 Å². The predicted octanol–water partition coefficient (Wildman–Crippen LogP) is 4.86. The molecular weight excluding hydrogens is 342 g/mol. The normalized spacial score (nSPS) is 15.3. The highest BCUT2D eigenvalue weighted by Crippen LogP contribution is 2.40. The van der Waals surface area contributed by atoms with Crippen molar-refractivity contribution in [1.29, 1.82) is 0 Å². The molecule has 1 aliphatic rings. The first-order valence-electron chi connectivity index (χ1n) is 8.87. The summed E-state index contributed by atoms with van der Waals surface area (Å²) in [6.07, 6.45) is 6.96. The third-order valence-corrected chi connectivity index (χ3v) is 5.96. The number of rotatable bonds is 5. The molecule has 1 aliphatic carbocycles. The lowest BCUT2D eigenvalue weighted by Crippen LogP contribution is -2.27. The van der Waals surface area contributed by atoms with Gasteiger partial charge in [-0.15, -0.1) is 11.3 Å². The molecule has 0 bridgehead atoms. The molecule has 1 atom stereocenters. The topological polar surface area (TPSA) is 68.0 Å². The number of carbonyl (C=O) groups is 1. The third kappa shape index (κ3) is 3.41. The minimum atomic E-state index is -0.127. The van der Waals surface area contributed by atoms with Crippen LogP contribution in [-0.4, -0.2) is 10.9 Å². The van der Waals surface area contributed by atoms with Crippen molar-refractivity contribution >= 4 is 22.9 Å². The van der Waals surface area contributed by atoms with E-state index in [-0.39, 0.29) is 11.9 Å². The van der Waals surface area contributed by atoms with E-state index in [0.29, 0.717) is 11.5 Å². The number of nitrogens with two attached hydrogens (primary N) is 1. The Hall–Kier alpha value is -2.50. The van der Waals surface area contributed by atoms with Crippen LogP contribution in [0.3, 0.4) is 0 Å². The van der Waals surface area contributed by atoms with Gasteiger partial charge in [0.15, 0.2) is 0 Å².